The van der Waals surface area contributed by atoms with Gasteiger partial charge in [-0.2, -0.15) is 9.57 Å². The molecule has 0 aromatic heterocycles. The van der Waals surface area contributed by atoms with Crippen molar-refractivity contribution in [3.63, 3.8) is 0 Å². The van der Waals surface area contributed by atoms with Crippen molar-refractivity contribution in [2.24, 2.45) is 0 Å². The number of carbonyl (C=O) groups is 1. The quantitative estimate of drug-likeness (QED) is 0.564. The predicted molar refractivity (Wildman–Crippen MR) is 91.3 cm³/mol. The SMILES string of the molecule is COCCOCCCNC(=O)CN(C)S(=O)(=O)c1ccc(C#N)cc1. The standard InChI is InChI=1S/C16H23N3O5S/c1-19(13-16(20)18-8-3-9-24-11-10-23-2)25(21,22)15-6-4-14(12-17)5-7-15/h4-7H,3,8-11,13H2,1-2H3,(H,18,20). The molecule has 1 aromatic carbocycles. The summed E-state index contributed by atoms with van der Waals surface area (Å²) in [6, 6.07) is 7.46. The number of amides is 1. The second kappa shape index (κ2) is 10.8. The van der Waals surface area contributed by atoms with Crippen molar-refractivity contribution in [1.82, 2.24) is 9.62 Å². The average Bonchev–Trinajstić information content (AvgIpc) is 2.60. The Labute approximate surface area is 148 Å². The minimum absolute atomic E-state index is 0.0355. The average molecular weight is 369 g/mol. The van der Waals surface area contributed by atoms with Gasteiger partial charge in [0, 0.05) is 27.3 Å². The lowest BCUT2D eigenvalue weighted by Gasteiger charge is -2.17. The van der Waals surface area contributed by atoms with Crippen LogP contribution in [0.25, 0.3) is 0 Å². The van der Waals surface area contributed by atoms with Crippen molar-refractivity contribution < 1.29 is 22.7 Å². The molecule has 0 heterocycles. The molecule has 1 rings (SSSR count). The fourth-order valence-corrected chi connectivity index (χ4v) is 3.00. The molecule has 0 aliphatic heterocycles. The van der Waals surface area contributed by atoms with Gasteiger partial charge in [-0.15, -0.1) is 0 Å². The zero-order chi connectivity index (χ0) is 18.7. The van der Waals surface area contributed by atoms with Crippen molar-refractivity contribution in [2.45, 2.75) is 11.3 Å². The maximum Gasteiger partial charge on any atom is 0.243 e. The van der Waals surface area contributed by atoms with Gasteiger partial charge in [-0.3, -0.25) is 4.79 Å². The van der Waals surface area contributed by atoms with Crippen LogP contribution in [-0.4, -0.2) is 65.7 Å². The van der Waals surface area contributed by atoms with Crippen molar-refractivity contribution in [3.05, 3.63) is 29.8 Å². The largest absolute Gasteiger partial charge is 0.382 e. The molecule has 0 bridgehead atoms. The fraction of sp³-hybridized carbons (Fsp3) is 0.500. The highest BCUT2D eigenvalue weighted by Gasteiger charge is 2.22. The highest BCUT2D eigenvalue weighted by Crippen LogP contribution is 2.14. The van der Waals surface area contributed by atoms with Gasteiger partial charge in [0.2, 0.25) is 15.9 Å². The monoisotopic (exact) mass is 369 g/mol. The Morgan fingerprint density at radius 1 is 1.24 bits per heavy atom. The zero-order valence-corrected chi connectivity index (χ0v) is 15.2. The Morgan fingerprint density at radius 2 is 1.92 bits per heavy atom. The van der Waals surface area contributed by atoms with E-state index in [4.69, 9.17) is 14.7 Å². The molecule has 8 nitrogen and oxygen atoms in total. The lowest BCUT2D eigenvalue weighted by atomic mass is 10.2. The van der Waals surface area contributed by atoms with Crippen LogP contribution in [0.1, 0.15) is 12.0 Å². The summed E-state index contributed by atoms with van der Waals surface area (Å²) >= 11 is 0. The van der Waals surface area contributed by atoms with Crippen molar-refractivity contribution >= 4 is 15.9 Å². The Bertz CT molecular complexity index is 683. The van der Waals surface area contributed by atoms with Gasteiger partial charge in [-0.25, -0.2) is 8.42 Å². The van der Waals surface area contributed by atoms with E-state index in [0.717, 1.165) is 4.31 Å². The molecular formula is C16H23N3O5S. The Morgan fingerprint density at radius 3 is 2.52 bits per heavy atom. The summed E-state index contributed by atoms with van der Waals surface area (Å²) in [6.45, 7) is 1.62. The molecule has 0 saturated carbocycles. The van der Waals surface area contributed by atoms with Gasteiger partial charge in [0.25, 0.3) is 0 Å². The summed E-state index contributed by atoms with van der Waals surface area (Å²) in [6.07, 6.45) is 0.627. The summed E-state index contributed by atoms with van der Waals surface area (Å²) in [4.78, 5) is 11.9. The summed E-state index contributed by atoms with van der Waals surface area (Å²) < 4.78 is 35.8. The second-order valence-electron chi connectivity index (χ2n) is 5.21. The third-order valence-corrected chi connectivity index (χ3v) is 5.09. The van der Waals surface area contributed by atoms with Crippen molar-refractivity contribution in [1.29, 1.82) is 5.26 Å². The molecule has 0 atom stereocenters. The maximum atomic E-state index is 12.4. The van der Waals surface area contributed by atoms with Crippen molar-refractivity contribution in [3.8, 4) is 6.07 Å². The molecule has 0 radical (unpaired) electrons. The molecule has 9 heteroatoms. The first-order chi connectivity index (χ1) is 11.9. The minimum Gasteiger partial charge on any atom is -0.382 e. The van der Waals surface area contributed by atoms with Crippen LogP contribution in [0.5, 0.6) is 0 Å². The van der Waals surface area contributed by atoms with Crippen LogP contribution >= 0.6 is 0 Å². The van der Waals surface area contributed by atoms with Crippen LogP contribution in [0.15, 0.2) is 29.2 Å². The Kier molecular flexibility index (Phi) is 9.08. The third kappa shape index (κ3) is 7.19. The first-order valence-corrected chi connectivity index (χ1v) is 9.15. The van der Waals surface area contributed by atoms with E-state index in [1.54, 1.807) is 7.11 Å². The van der Waals surface area contributed by atoms with E-state index < -0.39 is 15.9 Å². The number of nitrogens with one attached hydrogen (secondary N) is 1. The molecule has 0 unspecified atom stereocenters. The molecule has 0 saturated heterocycles. The molecule has 0 fully saturated rings. The minimum atomic E-state index is -3.78. The smallest absolute Gasteiger partial charge is 0.243 e. The first-order valence-electron chi connectivity index (χ1n) is 7.71. The number of nitriles is 1. The first kappa shape index (κ1) is 21.1. The third-order valence-electron chi connectivity index (χ3n) is 3.28. The van der Waals surface area contributed by atoms with Crippen LogP contribution in [0, 0.1) is 11.3 Å². The molecule has 1 N–H and O–H groups in total. The summed E-state index contributed by atoms with van der Waals surface area (Å²) in [5, 5.41) is 11.4. The lowest BCUT2D eigenvalue weighted by Crippen LogP contribution is -2.38. The number of carbonyl (C=O) groups excluding carboxylic acids is 1. The number of methoxy groups -OCH3 is 1. The van der Waals surface area contributed by atoms with Crippen LogP contribution in [0.2, 0.25) is 0 Å². The van der Waals surface area contributed by atoms with Crippen LogP contribution in [0.4, 0.5) is 0 Å². The van der Waals surface area contributed by atoms with E-state index in [-0.39, 0.29) is 11.4 Å². The highest BCUT2D eigenvalue weighted by molar-refractivity contribution is 7.89. The van der Waals surface area contributed by atoms with Gasteiger partial charge in [0.05, 0.1) is 36.3 Å². The Hall–Kier alpha value is -1.99. The topological polar surface area (TPSA) is 109 Å². The van der Waals surface area contributed by atoms with E-state index >= 15 is 0 Å². The van der Waals surface area contributed by atoms with E-state index in [2.05, 4.69) is 5.32 Å². The van der Waals surface area contributed by atoms with Gasteiger partial charge in [0.15, 0.2) is 0 Å². The molecular weight excluding hydrogens is 346 g/mol. The molecule has 0 aliphatic rings. The number of nitrogens with zero attached hydrogens (tertiary/aromatic N) is 2. The summed E-state index contributed by atoms with van der Waals surface area (Å²) in [5.41, 5.74) is 0.368. The van der Waals surface area contributed by atoms with Gasteiger partial charge >= 0.3 is 0 Å². The maximum absolute atomic E-state index is 12.4. The molecule has 0 spiro atoms. The zero-order valence-electron chi connectivity index (χ0n) is 14.4. The van der Waals surface area contributed by atoms with E-state index in [1.165, 1.54) is 31.3 Å². The normalized spacial score (nSPS) is 11.3. The molecule has 25 heavy (non-hydrogen) atoms. The highest BCUT2D eigenvalue weighted by atomic mass is 32.2. The second-order valence-corrected chi connectivity index (χ2v) is 7.25. The van der Waals surface area contributed by atoms with E-state index in [0.29, 0.717) is 38.3 Å². The van der Waals surface area contributed by atoms with E-state index in [1.807, 2.05) is 6.07 Å². The van der Waals surface area contributed by atoms with Crippen LogP contribution < -0.4 is 5.32 Å². The predicted octanol–water partition coefficient (Wildman–Crippen LogP) is 0.348. The van der Waals surface area contributed by atoms with Crippen LogP contribution in [-0.2, 0) is 24.3 Å². The number of likely N-dealkylation sites (N-methyl/N-ethyl adjacent to an activating group) is 1. The lowest BCUT2D eigenvalue weighted by molar-refractivity contribution is -0.121. The number of rotatable bonds is 11. The number of hydrogen-bond acceptors (Lipinski definition) is 6. The number of sulfonamides is 1. The Balaban J connectivity index is 2.41. The summed E-state index contributed by atoms with van der Waals surface area (Å²) in [5.74, 6) is -0.392. The number of benzene rings is 1. The van der Waals surface area contributed by atoms with Gasteiger partial charge in [0.1, 0.15) is 0 Å². The molecule has 0 aliphatic carbocycles. The van der Waals surface area contributed by atoms with Gasteiger partial charge in [-0.05, 0) is 30.7 Å². The van der Waals surface area contributed by atoms with Crippen molar-refractivity contribution in [2.75, 3.05) is 47.1 Å². The molecule has 138 valence electrons. The van der Waals surface area contributed by atoms with E-state index in [9.17, 15) is 13.2 Å². The summed E-state index contributed by atoms with van der Waals surface area (Å²) in [7, 11) is -0.856. The molecule has 1 aromatic rings. The number of hydrogen-bond donors (Lipinski definition) is 1. The number of ether oxygens (including phenoxy) is 2. The van der Waals surface area contributed by atoms with Gasteiger partial charge < -0.3 is 14.8 Å². The fourth-order valence-electron chi connectivity index (χ4n) is 1.87. The molecule has 1 amide bonds. The van der Waals surface area contributed by atoms with Crippen LogP contribution in [0.3, 0.4) is 0 Å². The van der Waals surface area contributed by atoms with Gasteiger partial charge in [-0.1, -0.05) is 0 Å².